The lowest BCUT2D eigenvalue weighted by atomic mass is 10.0. The third-order valence-corrected chi connectivity index (χ3v) is 3.25. The van der Waals surface area contributed by atoms with Gasteiger partial charge in [0, 0.05) is 37.7 Å². The van der Waals surface area contributed by atoms with Gasteiger partial charge in [-0.2, -0.15) is 4.94 Å². The molecule has 0 aromatic rings. The van der Waals surface area contributed by atoms with Gasteiger partial charge in [-0.1, -0.05) is 6.58 Å². The van der Waals surface area contributed by atoms with Crippen molar-refractivity contribution in [1.29, 1.82) is 0 Å². The number of rotatable bonds is 9. The van der Waals surface area contributed by atoms with Crippen molar-refractivity contribution in [3.05, 3.63) is 12.4 Å². The average Bonchev–Trinajstić information content (AvgIpc) is 2.24. The summed E-state index contributed by atoms with van der Waals surface area (Å²) in [7, 11) is 5.68. The van der Waals surface area contributed by atoms with Gasteiger partial charge in [-0.05, 0) is 25.5 Å². The molecule has 0 bridgehead atoms. The molecule has 0 rings (SSSR count). The first-order valence-electron chi connectivity index (χ1n) is 5.37. The Labute approximate surface area is 107 Å². The molecule has 0 heterocycles. The zero-order valence-corrected chi connectivity index (χ0v) is 11.8. The van der Waals surface area contributed by atoms with Crippen molar-refractivity contribution in [1.82, 2.24) is 13.9 Å². The van der Waals surface area contributed by atoms with Crippen LogP contribution in [0.3, 0.4) is 0 Å². The normalized spacial score (nSPS) is 14.7. The largest absolute Gasteiger partial charge is 0.386 e. The summed E-state index contributed by atoms with van der Waals surface area (Å²) in [6, 6.07) is 0.0833. The summed E-state index contributed by atoms with van der Waals surface area (Å²) < 4.78 is 17.2. The smallest absolute Gasteiger partial charge is 0.0936 e. The van der Waals surface area contributed by atoms with Crippen LogP contribution in [0.4, 0.5) is 4.53 Å². The van der Waals surface area contributed by atoms with Crippen LogP contribution < -0.4 is 10.5 Å². The standard InChI is InChI=1S/C10H23FN4OS/c1-8(13-17-14(3)4)10(7-16-11)6-15(5)9(2)12/h8,10,13H,2,6-7,12H2,1,3-5H3/t8?,10-/m0/s1. The molecule has 102 valence electrons. The molecule has 5 nitrogen and oxygen atoms in total. The molecule has 0 aliphatic heterocycles. The molecule has 0 aliphatic rings. The first kappa shape index (κ1) is 16.5. The minimum Gasteiger partial charge on any atom is -0.386 e. The predicted octanol–water partition coefficient (Wildman–Crippen LogP) is 0.968. The minimum absolute atomic E-state index is 0.0160. The zero-order chi connectivity index (χ0) is 13.4. The van der Waals surface area contributed by atoms with Crippen LogP contribution in [0.5, 0.6) is 0 Å². The van der Waals surface area contributed by atoms with Crippen molar-refractivity contribution in [2.45, 2.75) is 13.0 Å². The van der Waals surface area contributed by atoms with Crippen LogP contribution in [0.15, 0.2) is 12.4 Å². The van der Waals surface area contributed by atoms with E-state index in [1.165, 1.54) is 12.1 Å². The maximum Gasteiger partial charge on any atom is 0.0936 e. The quantitative estimate of drug-likeness (QED) is 0.607. The maximum atomic E-state index is 12.0. The molecule has 0 saturated heterocycles. The lowest BCUT2D eigenvalue weighted by Crippen LogP contribution is -2.40. The molecular formula is C10H23FN4OS. The Morgan fingerprint density at radius 3 is 2.53 bits per heavy atom. The van der Waals surface area contributed by atoms with Gasteiger partial charge in [-0.25, -0.2) is 9.03 Å². The Morgan fingerprint density at radius 2 is 2.12 bits per heavy atom. The fourth-order valence-corrected chi connectivity index (χ4v) is 1.76. The van der Waals surface area contributed by atoms with E-state index in [4.69, 9.17) is 5.73 Å². The Balaban J connectivity index is 4.24. The first-order chi connectivity index (χ1) is 7.88. The SMILES string of the molecule is C=C(N)N(C)C[C@@H](COF)C(C)NSN(C)C. The molecule has 0 aliphatic carbocycles. The van der Waals surface area contributed by atoms with E-state index < -0.39 is 0 Å². The summed E-state index contributed by atoms with van der Waals surface area (Å²) in [4.78, 5) is 5.53. The maximum absolute atomic E-state index is 12.0. The number of halogens is 1. The Hall–Kier alpha value is -0.500. The highest BCUT2D eigenvalue weighted by Crippen LogP contribution is 2.12. The molecule has 0 amide bonds. The second-order valence-corrected chi connectivity index (χ2v) is 5.37. The first-order valence-corrected chi connectivity index (χ1v) is 6.14. The Kier molecular flexibility index (Phi) is 8.32. The zero-order valence-electron chi connectivity index (χ0n) is 10.9. The lowest BCUT2D eigenvalue weighted by Gasteiger charge is -2.29. The summed E-state index contributed by atoms with van der Waals surface area (Å²) in [5.41, 5.74) is 5.57. The van der Waals surface area contributed by atoms with Crippen LogP contribution in [0.25, 0.3) is 0 Å². The number of nitrogens with two attached hydrogens (primary N) is 1. The monoisotopic (exact) mass is 266 g/mol. The molecule has 7 heteroatoms. The molecule has 0 spiro atoms. The second-order valence-electron chi connectivity index (χ2n) is 4.22. The molecule has 0 aromatic heterocycles. The molecular weight excluding hydrogens is 243 g/mol. The van der Waals surface area contributed by atoms with Crippen molar-refractivity contribution in [2.24, 2.45) is 11.7 Å². The number of hydrogen-bond donors (Lipinski definition) is 2. The fraction of sp³-hybridized carbons (Fsp3) is 0.800. The van der Waals surface area contributed by atoms with Crippen LogP contribution in [0.2, 0.25) is 0 Å². The number of nitrogens with one attached hydrogen (secondary N) is 1. The minimum atomic E-state index is -0.0160. The third-order valence-electron chi connectivity index (χ3n) is 2.40. The van der Waals surface area contributed by atoms with Gasteiger partial charge < -0.3 is 10.6 Å². The van der Waals surface area contributed by atoms with Crippen LogP contribution in [0.1, 0.15) is 6.92 Å². The Bertz CT molecular complexity index is 230. The summed E-state index contributed by atoms with van der Waals surface area (Å²) in [5.74, 6) is 0.444. The van der Waals surface area contributed by atoms with E-state index in [2.05, 4.69) is 16.2 Å². The van der Waals surface area contributed by atoms with Gasteiger partial charge in [-0.15, -0.1) is 0 Å². The van der Waals surface area contributed by atoms with Crippen molar-refractivity contribution in [3.63, 3.8) is 0 Å². The third kappa shape index (κ3) is 7.43. The summed E-state index contributed by atoms with van der Waals surface area (Å²) in [6.07, 6.45) is 0. The van der Waals surface area contributed by atoms with Gasteiger partial charge in [0.2, 0.25) is 0 Å². The lowest BCUT2D eigenvalue weighted by molar-refractivity contribution is -0.148. The van der Waals surface area contributed by atoms with E-state index in [0.29, 0.717) is 12.4 Å². The molecule has 2 atom stereocenters. The molecule has 0 fully saturated rings. The van der Waals surface area contributed by atoms with Crippen LogP contribution in [-0.2, 0) is 4.94 Å². The van der Waals surface area contributed by atoms with E-state index in [0.717, 1.165) is 0 Å². The van der Waals surface area contributed by atoms with E-state index in [9.17, 15) is 4.53 Å². The van der Waals surface area contributed by atoms with Crippen molar-refractivity contribution in [3.8, 4) is 0 Å². The average molecular weight is 266 g/mol. The van der Waals surface area contributed by atoms with E-state index in [1.807, 2.05) is 32.4 Å². The van der Waals surface area contributed by atoms with Gasteiger partial charge >= 0.3 is 0 Å². The van der Waals surface area contributed by atoms with Crippen molar-refractivity contribution >= 4 is 12.1 Å². The molecule has 0 saturated carbocycles. The highest BCUT2D eigenvalue weighted by atomic mass is 32.2. The molecule has 17 heavy (non-hydrogen) atoms. The van der Waals surface area contributed by atoms with E-state index >= 15 is 0 Å². The molecule has 1 unspecified atom stereocenters. The second kappa shape index (κ2) is 8.57. The van der Waals surface area contributed by atoms with Crippen molar-refractivity contribution in [2.75, 3.05) is 34.3 Å². The highest BCUT2D eigenvalue weighted by Gasteiger charge is 2.20. The highest BCUT2D eigenvalue weighted by molar-refractivity contribution is 7.95. The summed E-state index contributed by atoms with van der Waals surface area (Å²) in [5, 5.41) is 0. The van der Waals surface area contributed by atoms with Gasteiger partial charge in [0.1, 0.15) is 0 Å². The van der Waals surface area contributed by atoms with E-state index in [-0.39, 0.29) is 18.6 Å². The van der Waals surface area contributed by atoms with Gasteiger partial charge in [0.15, 0.2) is 0 Å². The molecule has 0 aromatic carbocycles. The fourth-order valence-electron chi connectivity index (χ4n) is 1.19. The molecule has 0 radical (unpaired) electrons. The van der Waals surface area contributed by atoms with Crippen LogP contribution >= 0.6 is 12.1 Å². The van der Waals surface area contributed by atoms with Crippen molar-refractivity contribution < 1.29 is 9.47 Å². The number of nitrogens with zero attached hydrogens (tertiary/aromatic N) is 2. The Morgan fingerprint density at radius 1 is 1.53 bits per heavy atom. The van der Waals surface area contributed by atoms with Crippen LogP contribution in [-0.4, -0.2) is 49.5 Å². The number of hydrogen-bond acceptors (Lipinski definition) is 6. The van der Waals surface area contributed by atoms with Gasteiger partial charge in [0.25, 0.3) is 0 Å². The van der Waals surface area contributed by atoms with Gasteiger partial charge in [0.05, 0.1) is 12.4 Å². The van der Waals surface area contributed by atoms with E-state index in [1.54, 1.807) is 4.90 Å². The van der Waals surface area contributed by atoms with Gasteiger partial charge in [-0.3, -0.25) is 0 Å². The topological polar surface area (TPSA) is 53.8 Å². The summed E-state index contributed by atoms with van der Waals surface area (Å²) >= 11 is 1.46. The predicted molar refractivity (Wildman–Crippen MR) is 70.4 cm³/mol. The molecule has 3 N–H and O–H groups in total. The summed E-state index contributed by atoms with van der Waals surface area (Å²) in [6.45, 7) is 6.23. The van der Waals surface area contributed by atoms with Crippen LogP contribution in [0, 0.1) is 5.92 Å².